The number of carboxylic acids is 2. The molecule has 0 aliphatic heterocycles. The highest BCUT2D eigenvalue weighted by molar-refractivity contribution is 5.96. The number of carboxylic acid groups (broad SMARTS) is 2. The van der Waals surface area contributed by atoms with E-state index in [2.05, 4.69) is 12.2 Å². The molecule has 4 unspecified atom stereocenters. The molecule has 3 fully saturated rings. The van der Waals surface area contributed by atoms with Crippen molar-refractivity contribution in [1.29, 1.82) is 0 Å². The van der Waals surface area contributed by atoms with Crippen molar-refractivity contribution in [3.8, 4) is 0 Å². The zero-order chi connectivity index (χ0) is 24.1. The van der Waals surface area contributed by atoms with Crippen LogP contribution in [0.3, 0.4) is 0 Å². The summed E-state index contributed by atoms with van der Waals surface area (Å²) in [5.41, 5.74) is 0.355. The van der Waals surface area contributed by atoms with E-state index in [1.807, 2.05) is 6.92 Å². The van der Waals surface area contributed by atoms with Crippen LogP contribution in [0.25, 0.3) is 0 Å². The van der Waals surface area contributed by atoms with Gasteiger partial charge in [0, 0.05) is 24.2 Å². The maximum atomic E-state index is 13.2. The summed E-state index contributed by atoms with van der Waals surface area (Å²) in [7, 11) is 0. The van der Waals surface area contributed by atoms with E-state index < -0.39 is 42.0 Å². The van der Waals surface area contributed by atoms with Crippen molar-refractivity contribution in [3.05, 3.63) is 11.6 Å². The standard InChI is InChI=1S/C24H31NO8/c1-23-7-5-13(33-22(32)25-16(21(30)31)11-19(28)29)9-12(23)10-17(26)20-14-3-4-18(27)24(14,2)8-6-15(20)23/h10,13-16,20H,3-9,11H2,1-2H3,(H,25,32)(H,28,29)(H,30,31)/t13-,14?,15?,16?,20?,23-,24-/m0/s1. The zero-order valence-corrected chi connectivity index (χ0v) is 19.0. The first kappa shape index (κ1) is 23.4. The van der Waals surface area contributed by atoms with Gasteiger partial charge in [-0.25, -0.2) is 9.59 Å². The number of aliphatic carboxylic acids is 2. The summed E-state index contributed by atoms with van der Waals surface area (Å²) >= 11 is 0. The predicted octanol–water partition coefficient (Wildman–Crippen LogP) is 2.72. The van der Waals surface area contributed by atoms with Crippen molar-refractivity contribution in [1.82, 2.24) is 5.32 Å². The second-order valence-electron chi connectivity index (χ2n) is 10.5. The van der Waals surface area contributed by atoms with Gasteiger partial charge in [0.25, 0.3) is 0 Å². The van der Waals surface area contributed by atoms with Crippen LogP contribution in [-0.2, 0) is 23.9 Å². The highest BCUT2D eigenvalue weighted by atomic mass is 16.6. The van der Waals surface area contributed by atoms with Gasteiger partial charge in [0.15, 0.2) is 5.78 Å². The molecular formula is C24H31NO8. The zero-order valence-electron chi connectivity index (χ0n) is 19.0. The number of nitrogens with one attached hydrogen (secondary N) is 1. The van der Waals surface area contributed by atoms with Crippen LogP contribution in [0.1, 0.15) is 65.2 Å². The summed E-state index contributed by atoms with van der Waals surface area (Å²) in [5.74, 6) is -2.34. The van der Waals surface area contributed by atoms with Gasteiger partial charge < -0.3 is 20.3 Å². The quantitative estimate of drug-likeness (QED) is 0.566. The third-order valence-corrected chi connectivity index (χ3v) is 8.85. The number of ether oxygens (including phenoxy) is 1. The number of hydrogen-bond donors (Lipinski definition) is 3. The van der Waals surface area contributed by atoms with Crippen LogP contribution in [0.4, 0.5) is 4.79 Å². The molecule has 9 nitrogen and oxygen atoms in total. The number of fused-ring (bicyclic) bond motifs is 5. The fraction of sp³-hybridized carbons (Fsp3) is 0.708. The summed E-state index contributed by atoms with van der Waals surface area (Å²) < 4.78 is 5.42. The Morgan fingerprint density at radius 1 is 1.09 bits per heavy atom. The average molecular weight is 462 g/mol. The highest BCUT2D eigenvalue weighted by Gasteiger charge is 2.61. The molecule has 4 aliphatic carbocycles. The number of allylic oxidation sites excluding steroid dienone is 1. The molecule has 9 heteroatoms. The van der Waals surface area contributed by atoms with Gasteiger partial charge in [-0.2, -0.15) is 0 Å². The number of hydrogen-bond acceptors (Lipinski definition) is 6. The normalized spacial score (nSPS) is 38.3. The Bertz CT molecular complexity index is 941. The first-order valence-electron chi connectivity index (χ1n) is 11.7. The van der Waals surface area contributed by atoms with Crippen molar-refractivity contribution in [2.24, 2.45) is 28.6 Å². The topological polar surface area (TPSA) is 147 Å². The van der Waals surface area contributed by atoms with Crippen molar-refractivity contribution >= 4 is 29.6 Å². The molecule has 0 aromatic heterocycles. The molecule has 0 spiro atoms. The lowest BCUT2D eigenvalue weighted by Gasteiger charge is -2.55. The lowest BCUT2D eigenvalue weighted by atomic mass is 9.48. The summed E-state index contributed by atoms with van der Waals surface area (Å²) in [5, 5.41) is 20.0. The first-order valence-corrected chi connectivity index (χ1v) is 11.7. The molecule has 0 bridgehead atoms. The minimum absolute atomic E-state index is 0.0654. The van der Waals surface area contributed by atoms with E-state index in [-0.39, 0.29) is 34.7 Å². The third-order valence-electron chi connectivity index (χ3n) is 8.85. The smallest absolute Gasteiger partial charge is 0.408 e. The molecule has 180 valence electrons. The minimum Gasteiger partial charge on any atom is -0.481 e. The Morgan fingerprint density at radius 2 is 1.76 bits per heavy atom. The monoisotopic (exact) mass is 461 g/mol. The molecule has 0 aromatic rings. The molecule has 1 amide bonds. The Morgan fingerprint density at radius 3 is 2.42 bits per heavy atom. The van der Waals surface area contributed by atoms with Gasteiger partial charge in [0.1, 0.15) is 17.9 Å². The molecule has 3 saturated carbocycles. The average Bonchev–Trinajstić information content (AvgIpc) is 3.03. The number of Topliss-reactive ketones (excluding diaryl/α,β-unsaturated/α-hetero) is 1. The molecule has 0 radical (unpaired) electrons. The van der Waals surface area contributed by atoms with Crippen LogP contribution < -0.4 is 5.32 Å². The number of amides is 1. The van der Waals surface area contributed by atoms with Crippen LogP contribution in [-0.4, -0.2) is 52.0 Å². The van der Waals surface area contributed by atoms with Gasteiger partial charge in [-0.15, -0.1) is 0 Å². The van der Waals surface area contributed by atoms with Crippen LogP contribution in [0.5, 0.6) is 0 Å². The Labute approximate surface area is 191 Å². The molecular weight excluding hydrogens is 430 g/mol. The summed E-state index contributed by atoms with van der Waals surface area (Å²) in [6.07, 6.45) is 4.08. The van der Waals surface area contributed by atoms with Crippen LogP contribution >= 0.6 is 0 Å². The number of rotatable bonds is 5. The van der Waals surface area contributed by atoms with E-state index in [1.165, 1.54) is 0 Å². The molecule has 0 heterocycles. The lowest BCUT2D eigenvalue weighted by Crippen LogP contribution is -2.53. The summed E-state index contributed by atoms with van der Waals surface area (Å²) in [6.45, 7) is 4.20. The van der Waals surface area contributed by atoms with Crippen molar-refractivity contribution in [2.75, 3.05) is 0 Å². The van der Waals surface area contributed by atoms with E-state index in [9.17, 15) is 24.0 Å². The van der Waals surface area contributed by atoms with Crippen molar-refractivity contribution in [2.45, 2.75) is 77.4 Å². The second kappa shape index (κ2) is 8.25. The molecule has 4 aliphatic rings. The number of carbonyl (C=O) groups excluding carboxylic acids is 3. The van der Waals surface area contributed by atoms with Gasteiger partial charge in [0.2, 0.25) is 0 Å². The predicted molar refractivity (Wildman–Crippen MR) is 114 cm³/mol. The Kier molecular flexibility index (Phi) is 5.87. The van der Waals surface area contributed by atoms with Crippen LogP contribution in [0, 0.1) is 28.6 Å². The molecule has 3 N–H and O–H groups in total. The fourth-order valence-electron chi connectivity index (χ4n) is 6.95. The summed E-state index contributed by atoms with van der Waals surface area (Å²) in [6, 6.07) is -1.58. The molecule has 33 heavy (non-hydrogen) atoms. The van der Waals surface area contributed by atoms with Gasteiger partial charge in [0.05, 0.1) is 6.42 Å². The van der Waals surface area contributed by atoms with E-state index in [0.717, 1.165) is 31.3 Å². The van der Waals surface area contributed by atoms with E-state index in [4.69, 9.17) is 14.9 Å². The third kappa shape index (κ3) is 3.95. The van der Waals surface area contributed by atoms with Crippen molar-refractivity contribution in [3.63, 3.8) is 0 Å². The Hall–Kier alpha value is -2.71. The molecule has 0 saturated heterocycles. The maximum absolute atomic E-state index is 13.2. The highest BCUT2D eigenvalue weighted by Crippen LogP contribution is 2.63. The number of carbonyl (C=O) groups is 5. The molecule has 0 aromatic carbocycles. The fourth-order valence-corrected chi connectivity index (χ4v) is 6.95. The van der Waals surface area contributed by atoms with E-state index in [0.29, 0.717) is 19.3 Å². The van der Waals surface area contributed by atoms with Crippen LogP contribution in [0.15, 0.2) is 11.6 Å². The van der Waals surface area contributed by atoms with Gasteiger partial charge >= 0.3 is 18.0 Å². The van der Waals surface area contributed by atoms with E-state index >= 15 is 0 Å². The SMILES string of the molecule is C[C@]12CC[C@H](OC(=O)NC(CC(=O)O)C(=O)O)CC1=CC(=O)C1C2CC[C@]2(C)C(=O)CCC12. The largest absolute Gasteiger partial charge is 0.481 e. The van der Waals surface area contributed by atoms with Gasteiger partial charge in [-0.3, -0.25) is 14.4 Å². The molecule has 4 rings (SSSR count). The van der Waals surface area contributed by atoms with Gasteiger partial charge in [-0.05, 0) is 55.4 Å². The second-order valence-corrected chi connectivity index (χ2v) is 10.5. The first-order chi connectivity index (χ1) is 15.5. The Balaban J connectivity index is 1.47. The summed E-state index contributed by atoms with van der Waals surface area (Å²) in [4.78, 5) is 60.0. The maximum Gasteiger partial charge on any atom is 0.408 e. The van der Waals surface area contributed by atoms with Gasteiger partial charge in [-0.1, -0.05) is 19.4 Å². The van der Waals surface area contributed by atoms with E-state index in [1.54, 1.807) is 6.08 Å². The van der Waals surface area contributed by atoms with Crippen LogP contribution in [0.2, 0.25) is 0 Å². The minimum atomic E-state index is -1.58. The number of alkyl carbamates (subject to hydrolysis) is 1. The lowest BCUT2D eigenvalue weighted by molar-refractivity contribution is -0.145. The number of ketones is 2. The van der Waals surface area contributed by atoms with Crippen molar-refractivity contribution < 1.29 is 38.9 Å². The molecule has 7 atom stereocenters.